The molecule has 2 heterocycles. The number of hydrogen-bond acceptors (Lipinski definition) is 3. The number of aromatic nitrogens is 1. The van der Waals surface area contributed by atoms with Crippen molar-refractivity contribution in [3.8, 4) is 0 Å². The zero-order chi connectivity index (χ0) is 18.5. The number of rotatable bonds is 5. The minimum Gasteiger partial charge on any atom is -0.357 e. The Morgan fingerprint density at radius 2 is 1.96 bits per heavy atom. The van der Waals surface area contributed by atoms with E-state index in [-0.39, 0.29) is 6.03 Å². The van der Waals surface area contributed by atoms with E-state index in [2.05, 4.69) is 20.5 Å². The number of anilines is 1. The predicted molar refractivity (Wildman–Crippen MR) is 95.8 cm³/mol. The first-order valence-electron chi connectivity index (χ1n) is 8.72. The van der Waals surface area contributed by atoms with Crippen LogP contribution in [0.3, 0.4) is 0 Å². The lowest BCUT2D eigenvalue weighted by Gasteiger charge is -2.18. The van der Waals surface area contributed by atoms with Gasteiger partial charge in [0.25, 0.3) is 0 Å². The normalized spacial score (nSPS) is 15.0. The highest BCUT2D eigenvalue weighted by molar-refractivity contribution is 5.74. The molecule has 7 heteroatoms. The SMILES string of the molecule is CC(NC(=O)NCc1ccnc(N2CCCC2)c1)c1ccc(F)c(F)c1. The summed E-state index contributed by atoms with van der Waals surface area (Å²) in [7, 11) is 0. The smallest absolute Gasteiger partial charge is 0.315 e. The molecule has 138 valence electrons. The minimum absolute atomic E-state index is 0.361. The van der Waals surface area contributed by atoms with Gasteiger partial charge < -0.3 is 15.5 Å². The molecule has 0 aliphatic carbocycles. The number of nitrogens with one attached hydrogen (secondary N) is 2. The lowest BCUT2D eigenvalue weighted by atomic mass is 10.1. The van der Waals surface area contributed by atoms with Crippen LogP contribution in [-0.4, -0.2) is 24.1 Å². The van der Waals surface area contributed by atoms with Crippen molar-refractivity contribution in [3.63, 3.8) is 0 Å². The van der Waals surface area contributed by atoms with E-state index in [4.69, 9.17) is 0 Å². The van der Waals surface area contributed by atoms with Gasteiger partial charge in [-0.2, -0.15) is 0 Å². The highest BCUT2D eigenvalue weighted by atomic mass is 19.2. The van der Waals surface area contributed by atoms with Crippen molar-refractivity contribution in [2.45, 2.75) is 32.4 Å². The third-order valence-electron chi connectivity index (χ3n) is 4.48. The lowest BCUT2D eigenvalue weighted by Crippen LogP contribution is -2.36. The molecule has 2 N–H and O–H groups in total. The summed E-state index contributed by atoms with van der Waals surface area (Å²) in [5.41, 5.74) is 1.46. The molecular weight excluding hydrogens is 338 g/mol. The van der Waals surface area contributed by atoms with Crippen LogP contribution in [0.15, 0.2) is 36.5 Å². The zero-order valence-corrected chi connectivity index (χ0v) is 14.6. The predicted octanol–water partition coefficient (Wildman–Crippen LogP) is 3.52. The van der Waals surface area contributed by atoms with Crippen molar-refractivity contribution in [3.05, 3.63) is 59.3 Å². The Morgan fingerprint density at radius 3 is 2.69 bits per heavy atom. The Hall–Kier alpha value is -2.70. The second-order valence-corrected chi connectivity index (χ2v) is 6.44. The first kappa shape index (κ1) is 18.1. The molecule has 1 unspecified atom stereocenters. The van der Waals surface area contributed by atoms with Crippen molar-refractivity contribution >= 4 is 11.8 Å². The van der Waals surface area contributed by atoms with Crippen LogP contribution >= 0.6 is 0 Å². The van der Waals surface area contributed by atoms with Crippen LogP contribution in [0, 0.1) is 11.6 Å². The molecule has 0 spiro atoms. The van der Waals surface area contributed by atoms with E-state index in [1.165, 1.54) is 18.9 Å². The largest absolute Gasteiger partial charge is 0.357 e. The van der Waals surface area contributed by atoms with Gasteiger partial charge in [0.1, 0.15) is 5.82 Å². The van der Waals surface area contributed by atoms with Crippen LogP contribution in [0.1, 0.15) is 36.9 Å². The molecule has 1 fully saturated rings. The van der Waals surface area contributed by atoms with Crippen molar-refractivity contribution in [1.29, 1.82) is 0 Å². The molecule has 2 aromatic rings. The molecule has 0 bridgehead atoms. The van der Waals surface area contributed by atoms with Gasteiger partial charge in [0.2, 0.25) is 0 Å². The first-order chi connectivity index (χ1) is 12.5. The summed E-state index contributed by atoms with van der Waals surface area (Å²) in [4.78, 5) is 18.7. The fourth-order valence-corrected chi connectivity index (χ4v) is 2.98. The highest BCUT2D eigenvalue weighted by Crippen LogP contribution is 2.19. The first-order valence-corrected chi connectivity index (χ1v) is 8.72. The third-order valence-corrected chi connectivity index (χ3v) is 4.48. The molecular formula is C19H22F2N4O. The second kappa shape index (κ2) is 8.12. The zero-order valence-electron chi connectivity index (χ0n) is 14.6. The molecule has 5 nitrogen and oxygen atoms in total. The lowest BCUT2D eigenvalue weighted by molar-refractivity contribution is 0.237. The molecule has 1 aromatic carbocycles. The van der Waals surface area contributed by atoms with Crippen molar-refractivity contribution in [2.24, 2.45) is 0 Å². The molecule has 0 saturated carbocycles. The van der Waals surface area contributed by atoms with Gasteiger partial charge in [0.05, 0.1) is 6.04 Å². The number of urea groups is 1. The standard InChI is InChI=1S/C19H22F2N4O/c1-13(15-4-5-16(20)17(21)11-15)24-19(26)23-12-14-6-7-22-18(10-14)25-8-2-3-9-25/h4-7,10-11,13H,2-3,8-9,12H2,1H3,(H2,23,24,26). The summed E-state index contributed by atoms with van der Waals surface area (Å²) in [6.07, 6.45) is 4.09. The Balaban J connectivity index is 1.53. The molecule has 1 atom stereocenters. The summed E-state index contributed by atoms with van der Waals surface area (Å²) in [5, 5.41) is 5.50. The number of halogens is 2. The van der Waals surface area contributed by atoms with Crippen molar-refractivity contribution in [2.75, 3.05) is 18.0 Å². The second-order valence-electron chi connectivity index (χ2n) is 6.44. The molecule has 1 aromatic heterocycles. The van der Waals surface area contributed by atoms with E-state index in [0.29, 0.717) is 12.1 Å². The molecule has 1 aliphatic heterocycles. The number of pyridine rings is 1. The average Bonchev–Trinajstić information content (AvgIpc) is 3.17. The van der Waals surface area contributed by atoms with Gasteiger partial charge in [0, 0.05) is 25.8 Å². The maximum absolute atomic E-state index is 13.3. The Kier molecular flexibility index (Phi) is 5.65. The van der Waals surface area contributed by atoms with Crippen LogP contribution in [0.4, 0.5) is 19.4 Å². The van der Waals surface area contributed by atoms with Crippen LogP contribution in [0.2, 0.25) is 0 Å². The van der Waals surface area contributed by atoms with E-state index < -0.39 is 17.7 Å². The minimum atomic E-state index is -0.928. The Bertz CT molecular complexity index is 778. The van der Waals surface area contributed by atoms with E-state index in [1.54, 1.807) is 13.1 Å². The summed E-state index contributed by atoms with van der Waals surface area (Å²) in [6.45, 7) is 4.09. The Morgan fingerprint density at radius 1 is 1.19 bits per heavy atom. The summed E-state index contributed by atoms with van der Waals surface area (Å²) >= 11 is 0. The Labute approximate surface area is 151 Å². The quantitative estimate of drug-likeness (QED) is 0.858. The molecule has 0 radical (unpaired) electrons. The fraction of sp³-hybridized carbons (Fsp3) is 0.368. The summed E-state index contributed by atoms with van der Waals surface area (Å²) in [5.74, 6) is -0.906. The van der Waals surface area contributed by atoms with Gasteiger partial charge in [-0.15, -0.1) is 0 Å². The van der Waals surface area contributed by atoms with Crippen molar-refractivity contribution in [1.82, 2.24) is 15.6 Å². The number of nitrogens with zero attached hydrogens (tertiary/aromatic N) is 2. The van der Waals surface area contributed by atoms with E-state index >= 15 is 0 Å². The maximum atomic E-state index is 13.3. The molecule has 1 aliphatic rings. The maximum Gasteiger partial charge on any atom is 0.315 e. The average molecular weight is 360 g/mol. The van der Waals surface area contributed by atoms with Crippen molar-refractivity contribution < 1.29 is 13.6 Å². The van der Waals surface area contributed by atoms with Gasteiger partial charge in [-0.3, -0.25) is 0 Å². The van der Waals surface area contributed by atoms with Crippen LogP contribution < -0.4 is 15.5 Å². The number of carbonyl (C=O) groups excluding carboxylic acids is 1. The van der Waals surface area contributed by atoms with Gasteiger partial charge >= 0.3 is 6.03 Å². The van der Waals surface area contributed by atoms with Gasteiger partial charge in [-0.25, -0.2) is 18.6 Å². The van der Waals surface area contributed by atoms with E-state index in [0.717, 1.165) is 36.6 Å². The van der Waals surface area contributed by atoms with Crippen LogP contribution in [0.25, 0.3) is 0 Å². The van der Waals surface area contributed by atoms with E-state index in [1.807, 2.05) is 12.1 Å². The third kappa shape index (κ3) is 4.47. The molecule has 2 amide bonds. The van der Waals surface area contributed by atoms with Gasteiger partial charge in [0.15, 0.2) is 11.6 Å². The number of carbonyl (C=O) groups is 1. The van der Waals surface area contributed by atoms with Crippen LogP contribution in [-0.2, 0) is 6.54 Å². The van der Waals surface area contributed by atoms with Gasteiger partial charge in [-0.05, 0) is 55.2 Å². The molecule has 26 heavy (non-hydrogen) atoms. The summed E-state index contributed by atoms with van der Waals surface area (Å²) in [6, 6.07) is 6.62. The van der Waals surface area contributed by atoms with Crippen LogP contribution in [0.5, 0.6) is 0 Å². The number of amides is 2. The van der Waals surface area contributed by atoms with E-state index in [9.17, 15) is 13.6 Å². The highest BCUT2D eigenvalue weighted by Gasteiger charge is 2.14. The topological polar surface area (TPSA) is 57.3 Å². The number of hydrogen-bond donors (Lipinski definition) is 2. The van der Waals surface area contributed by atoms with Gasteiger partial charge in [-0.1, -0.05) is 6.07 Å². The molecule has 3 rings (SSSR count). The fourth-order valence-electron chi connectivity index (χ4n) is 2.98. The molecule has 1 saturated heterocycles. The monoisotopic (exact) mass is 360 g/mol. The number of benzene rings is 1. The summed E-state index contributed by atoms with van der Waals surface area (Å²) < 4.78 is 26.3.